The highest BCUT2D eigenvalue weighted by molar-refractivity contribution is 7.80. The first-order valence-corrected chi connectivity index (χ1v) is 10.8. The summed E-state index contributed by atoms with van der Waals surface area (Å²) in [5.41, 5.74) is -0.626. The van der Waals surface area contributed by atoms with Crippen molar-refractivity contribution >= 4 is 36.3 Å². The van der Waals surface area contributed by atoms with Crippen molar-refractivity contribution in [1.29, 1.82) is 0 Å². The molecule has 0 aromatic rings. The van der Waals surface area contributed by atoms with Crippen molar-refractivity contribution in [3.8, 4) is 0 Å². The summed E-state index contributed by atoms with van der Waals surface area (Å²) >= 11 is 5.64. The zero-order valence-corrected chi connectivity index (χ0v) is 18.9. The van der Waals surface area contributed by atoms with Crippen LogP contribution in [0.2, 0.25) is 0 Å². The van der Waals surface area contributed by atoms with Gasteiger partial charge in [0.2, 0.25) is 5.91 Å². The fourth-order valence-electron chi connectivity index (χ4n) is 3.90. The summed E-state index contributed by atoms with van der Waals surface area (Å²) in [5.74, 6) is -0.694. The molecular formula is C19H34BN3O5S. The number of likely N-dealkylation sites (tertiary alicyclic amines) is 2. The molecule has 0 aromatic carbocycles. The minimum absolute atomic E-state index is 0.0138. The van der Waals surface area contributed by atoms with Crippen LogP contribution >= 0.6 is 12.2 Å². The van der Waals surface area contributed by atoms with Crippen LogP contribution in [0.25, 0.3) is 0 Å². The summed E-state index contributed by atoms with van der Waals surface area (Å²) in [4.78, 5) is 29.3. The number of hydrogen-bond acceptors (Lipinski definition) is 6. The highest BCUT2D eigenvalue weighted by atomic mass is 32.1. The number of thiocarbonyl (C=S) groups is 1. The fourth-order valence-corrected chi connectivity index (χ4v) is 4.45. The lowest BCUT2D eigenvalue weighted by molar-refractivity contribution is -0.126. The van der Waals surface area contributed by atoms with E-state index in [2.05, 4.69) is 5.32 Å². The van der Waals surface area contributed by atoms with E-state index in [0.717, 1.165) is 12.8 Å². The van der Waals surface area contributed by atoms with Crippen LogP contribution in [0.4, 0.5) is 4.79 Å². The van der Waals surface area contributed by atoms with Crippen molar-refractivity contribution in [2.45, 2.75) is 83.9 Å². The Bertz CT molecular complexity index is 625. The van der Waals surface area contributed by atoms with Gasteiger partial charge in [-0.25, -0.2) is 4.79 Å². The monoisotopic (exact) mass is 427 g/mol. The van der Waals surface area contributed by atoms with Gasteiger partial charge in [-0.05, 0) is 52.4 Å². The van der Waals surface area contributed by atoms with Crippen LogP contribution in [-0.4, -0.2) is 80.7 Å². The van der Waals surface area contributed by atoms with Crippen molar-refractivity contribution in [3.63, 3.8) is 0 Å². The third kappa shape index (κ3) is 6.05. The number of nitrogens with one attached hydrogen (secondary N) is 1. The molecule has 29 heavy (non-hydrogen) atoms. The maximum atomic E-state index is 13.0. The van der Waals surface area contributed by atoms with Gasteiger partial charge in [0.25, 0.3) is 0 Å². The Morgan fingerprint density at radius 3 is 2.28 bits per heavy atom. The predicted octanol–water partition coefficient (Wildman–Crippen LogP) is 1.33. The van der Waals surface area contributed by atoms with Crippen molar-refractivity contribution in [2.24, 2.45) is 5.92 Å². The molecule has 3 atom stereocenters. The summed E-state index contributed by atoms with van der Waals surface area (Å²) in [6.45, 7) is 10.4. The molecule has 2 aliphatic rings. The van der Waals surface area contributed by atoms with Crippen LogP contribution in [0.3, 0.4) is 0 Å². The van der Waals surface area contributed by atoms with Gasteiger partial charge in [0.15, 0.2) is 0 Å². The van der Waals surface area contributed by atoms with E-state index in [-0.39, 0.29) is 11.8 Å². The van der Waals surface area contributed by atoms with Gasteiger partial charge in [-0.2, -0.15) is 0 Å². The lowest BCUT2D eigenvalue weighted by Gasteiger charge is -2.35. The molecule has 0 saturated carbocycles. The van der Waals surface area contributed by atoms with E-state index in [9.17, 15) is 19.6 Å². The molecular weight excluding hydrogens is 393 g/mol. The lowest BCUT2D eigenvalue weighted by atomic mass is 9.77. The molecule has 2 saturated heterocycles. The number of carbonyl (C=O) groups is 2. The van der Waals surface area contributed by atoms with E-state index >= 15 is 0 Å². The number of hydrogen-bond donors (Lipinski definition) is 3. The molecule has 2 heterocycles. The van der Waals surface area contributed by atoms with Crippen LogP contribution in [0, 0.1) is 5.92 Å². The summed E-state index contributed by atoms with van der Waals surface area (Å²) in [6, 6.07) is -1.02. The SMILES string of the molecule is CC(C)[C@H](NC(=O)[C@@H]1CCCN1C(=O)OC(C)(C)C)C(=S)N1CCC[C@H]1B(O)O. The molecule has 2 amide bonds. The zero-order chi connectivity index (χ0) is 21.9. The summed E-state index contributed by atoms with van der Waals surface area (Å²) < 4.78 is 5.44. The minimum Gasteiger partial charge on any atom is -0.444 e. The first-order valence-electron chi connectivity index (χ1n) is 10.4. The van der Waals surface area contributed by atoms with Crippen LogP contribution in [-0.2, 0) is 9.53 Å². The van der Waals surface area contributed by atoms with Gasteiger partial charge in [-0.15, -0.1) is 0 Å². The average Bonchev–Trinajstić information content (AvgIpc) is 3.25. The van der Waals surface area contributed by atoms with Gasteiger partial charge in [0, 0.05) is 13.1 Å². The third-order valence-electron chi connectivity index (χ3n) is 5.34. The Kier molecular flexibility index (Phi) is 7.92. The summed E-state index contributed by atoms with van der Waals surface area (Å²) in [6.07, 6.45) is 2.28. The standard InChI is InChI=1S/C19H34BN3O5S/c1-12(2)15(17(29)23-11-7-9-14(23)20(26)27)21-16(24)13-8-6-10-22(13)18(25)28-19(3,4)5/h12-15,26-27H,6-11H2,1-5H3,(H,21,24)/t13-,14-,15-/m0/s1. The fraction of sp³-hybridized carbons (Fsp3) is 0.842. The van der Waals surface area contributed by atoms with E-state index in [1.54, 1.807) is 20.8 Å². The second-order valence-corrected chi connectivity index (χ2v) is 9.64. The van der Waals surface area contributed by atoms with Crippen molar-refractivity contribution in [1.82, 2.24) is 15.1 Å². The third-order valence-corrected chi connectivity index (χ3v) is 5.83. The quantitative estimate of drug-likeness (QED) is 0.449. The molecule has 10 heteroatoms. The first-order chi connectivity index (χ1) is 13.4. The average molecular weight is 427 g/mol. The number of ether oxygens (including phenoxy) is 1. The van der Waals surface area contributed by atoms with Crippen molar-refractivity contribution in [2.75, 3.05) is 13.1 Å². The molecule has 3 N–H and O–H groups in total. The Morgan fingerprint density at radius 2 is 1.72 bits per heavy atom. The maximum absolute atomic E-state index is 13.0. The van der Waals surface area contributed by atoms with E-state index in [1.165, 1.54) is 4.90 Å². The number of carbonyl (C=O) groups excluding carboxylic acids is 2. The highest BCUT2D eigenvalue weighted by Gasteiger charge is 2.41. The van der Waals surface area contributed by atoms with Crippen LogP contribution < -0.4 is 5.32 Å². The number of amides is 2. The van der Waals surface area contributed by atoms with Gasteiger partial charge in [0.05, 0.1) is 12.0 Å². The first kappa shape index (κ1) is 23.9. The topological polar surface area (TPSA) is 102 Å². The molecule has 2 fully saturated rings. The normalized spacial score (nSPS) is 23.3. The second kappa shape index (κ2) is 9.62. The number of rotatable bonds is 5. The Hall–Kier alpha value is -1.39. The summed E-state index contributed by atoms with van der Waals surface area (Å²) in [7, 11) is -1.48. The summed E-state index contributed by atoms with van der Waals surface area (Å²) in [5, 5.41) is 22.3. The predicted molar refractivity (Wildman–Crippen MR) is 115 cm³/mol. The molecule has 0 aliphatic carbocycles. The van der Waals surface area contributed by atoms with E-state index in [0.29, 0.717) is 30.9 Å². The molecule has 0 radical (unpaired) electrons. The highest BCUT2D eigenvalue weighted by Crippen LogP contribution is 2.24. The van der Waals surface area contributed by atoms with Crippen LogP contribution in [0.15, 0.2) is 0 Å². The van der Waals surface area contributed by atoms with Crippen molar-refractivity contribution < 1.29 is 24.4 Å². The van der Waals surface area contributed by atoms with E-state index < -0.39 is 36.8 Å². The number of nitrogens with zero attached hydrogens (tertiary/aromatic N) is 2. The van der Waals surface area contributed by atoms with Crippen LogP contribution in [0.5, 0.6) is 0 Å². The van der Waals surface area contributed by atoms with Crippen molar-refractivity contribution in [3.05, 3.63) is 0 Å². The molecule has 0 spiro atoms. The smallest absolute Gasteiger partial charge is 0.444 e. The van der Waals surface area contributed by atoms with Gasteiger partial charge in [-0.3, -0.25) is 9.69 Å². The molecule has 8 nitrogen and oxygen atoms in total. The van der Waals surface area contributed by atoms with E-state index in [1.807, 2.05) is 18.7 Å². The second-order valence-electron chi connectivity index (χ2n) is 9.22. The van der Waals surface area contributed by atoms with E-state index in [4.69, 9.17) is 17.0 Å². The Morgan fingerprint density at radius 1 is 1.14 bits per heavy atom. The molecule has 2 rings (SSSR count). The lowest BCUT2D eigenvalue weighted by Crippen LogP contribution is -2.57. The van der Waals surface area contributed by atoms with Gasteiger partial charge < -0.3 is 25.0 Å². The molecule has 0 aromatic heterocycles. The molecule has 2 aliphatic heterocycles. The Labute approximate surface area is 179 Å². The zero-order valence-electron chi connectivity index (χ0n) is 18.1. The maximum Gasteiger partial charge on any atom is 0.475 e. The van der Waals surface area contributed by atoms with Gasteiger partial charge in [0.1, 0.15) is 16.6 Å². The molecule has 0 unspecified atom stereocenters. The largest absolute Gasteiger partial charge is 0.475 e. The van der Waals surface area contributed by atoms with Gasteiger partial charge in [-0.1, -0.05) is 26.1 Å². The molecule has 0 bridgehead atoms. The molecule has 164 valence electrons. The van der Waals surface area contributed by atoms with Crippen LogP contribution in [0.1, 0.15) is 60.3 Å². The minimum atomic E-state index is -1.48. The Balaban J connectivity index is 2.09. The van der Waals surface area contributed by atoms with Gasteiger partial charge >= 0.3 is 13.2 Å².